The normalized spacial score (nSPS) is 48.2. The standard InChI is InChI=1S/C22H26F2O9S/c1-21(10-3-8-2-9(5-10)6-11(21)4-8)33-19(26)15-13-7-12-14(15)18(25)31-16(12)17(13)32-20(27)22(23,24)34(28,29)30/h8-17H,2-7H2,1H3,(H,28,29,30). The Kier molecular flexibility index (Phi) is 4.59. The molecule has 6 saturated carbocycles. The maximum absolute atomic E-state index is 13.8. The molecule has 7 rings (SSSR count). The Bertz CT molecular complexity index is 1040. The van der Waals surface area contributed by atoms with Crippen molar-refractivity contribution < 1.29 is 50.3 Å². The molecule has 6 aliphatic carbocycles. The second kappa shape index (κ2) is 6.89. The van der Waals surface area contributed by atoms with E-state index in [1.165, 1.54) is 6.42 Å². The van der Waals surface area contributed by atoms with Gasteiger partial charge in [-0.3, -0.25) is 14.1 Å². The number of alkyl halides is 2. The van der Waals surface area contributed by atoms with E-state index in [1.54, 1.807) is 0 Å². The average molecular weight is 505 g/mol. The van der Waals surface area contributed by atoms with E-state index in [0.717, 1.165) is 25.7 Å². The van der Waals surface area contributed by atoms with Gasteiger partial charge >= 0.3 is 33.3 Å². The number of hydrogen-bond donors (Lipinski definition) is 1. The monoisotopic (exact) mass is 504 g/mol. The topological polar surface area (TPSA) is 133 Å². The fourth-order valence-electron chi connectivity index (χ4n) is 8.34. The number of rotatable bonds is 5. The highest BCUT2D eigenvalue weighted by molar-refractivity contribution is 7.87. The van der Waals surface area contributed by atoms with Crippen LogP contribution in [-0.2, 0) is 38.7 Å². The largest absolute Gasteiger partial charge is 0.465 e. The number of hydrogen-bond acceptors (Lipinski definition) is 8. The number of fused-ring (bicyclic) bond motifs is 1. The van der Waals surface area contributed by atoms with E-state index in [9.17, 15) is 31.6 Å². The lowest BCUT2D eigenvalue weighted by atomic mass is 9.50. The van der Waals surface area contributed by atoms with Crippen molar-refractivity contribution in [1.82, 2.24) is 0 Å². The van der Waals surface area contributed by atoms with E-state index in [0.29, 0.717) is 11.8 Å². The molecule has 6 bridgehead atoms. The van der Waals surface area contributed by atoms with Crippen LogP contribution >= 0.6 is 0 Å². The summed E-state index contributed by atoms with van der Waals surface area (Å²) < 4.78 is 74.4. The number of carbonyl (C=O) groups is 3. The molecule has 1 heterocycles. The first-order valence-electron chi connectivity index (χ1n) is 11.8. The highest BCUT2D eigenvalue weighted by Crippen LogP contribution is 2.62. The summed E-state index contributed by atoms with van der Waals surface area (Å²) in [6.45, 7) is 1.95. The van der Waals surface area contributed by atoms with Crippen molar-refractivity contribution in [3.8, 4) is 0 Å². The molecule has 1 N–H and O–H groups in total. The van der Waals surface area contributed by atoms with Crippen molar-refractivity contribution in [3.63, 3.8) is 0 Å². The second-order valence-corrected chi connectivity index (χ2v) is 12.8. The lowest BCUT2D eigenvalue weighted by Crippen LogP contribution is -2.59. The van der Waals surface area contributed by atoms with Gasteiger partial charge < -0.3 is 14.2 Å². The van der Waals surface area contributed by atoms with Crippen molar-refractivity contribution in [1.29, 1.82) is 0 Å². The van der Waals surface area contributed by atoms with Crippen LogP contribution in [0, 0.1) is 47.3 Å². The van der Waals surface area contributed by atoms with Crippen molar-refractivity contribution >= 4 is 28.0 Å². The summed E-state index contributed by atoms with van der Waals surface area (Å²) in [4.78, 5) is 38.0. The third-order valence-electron chi connectivity index (χ3n) is 9.70. The molecule has 188 valence electrons. The summed E-state index contributed by atoms with van der Waals surface area (Å²) in [7, 11) is -6.06. The molecule has 7 aliphatic rings. The minimum absolute atomic E-state index is 0.226. The van der Waals surface area contributed by atoms with E-state index >= 15 is 0 Å². The molecule has 0 aromatic heterocycles. The Labute approximate surface area is 194 Å². The predicted molar refractivity (Wildman–Crippen MR) is 106 cm³/mol. The number of halogens is 2. The van der Waals surface area contributed by atoms with Gasteiger partial charge in [0.1, 0.15) is 17.8 Å². The number of carbonyl (C=O) groups excluding carboxylic acids is 3. The van der Waals surface area contributed by atoms with Crippen LogP contribution in [0.3, 0.4) is 0 Å². The summed E-state index contributed by atoms with van der Waals surface area (Å²) in [5.74, 6) is -5.16. The minimum atomic E-state index is -6.06. The van der Waals surface area contributed by atoms with Crippen LogP contribution in [0.1, 0.15) is 45.4 Å². The molecule has 12 heteroatoms. The molecule has 6 unspecified atom stereocenters. The highest BCUT2D eigenvalue weighted by Gasteiger charge is 2.72. The lowest BCUT2D eigenvalue weighted by Gasteiger charge is -2.59. The number of esters is 3. The molecular weight excluding hydrogens is 478 g/mol. The molecule has 1 aliphatic heterocycles. The molecule has 0 amide bonds. The fraction of sp³-hybridized carbons (Fsp3) is 0.864. The molecule has 9 nitrogen and oxygen atoms in total. The summed E-state index contributed by atoms with van der Waals surface area (Å²) in [5.41, 5.74) is -0.668. The van der Waals surface area contributed by atoms with Crippen molar-refractivity contribution in [2.24, 2.45) is 47.3 Å². The molecule has 1 saturated heterocycles. The summed E-state index contributed by atoms with van der Waals surface area (Å²) in [5, 5.41) is -5.18. The average Bonchev–Trinajstić information content (AvgIpc) is 3.34. The van der Waals surface area contributed by atoms with Crippen LogP contribution in [0.4, 0.5) is 8.78 Å². The first-order valence-corrected chi connectivity index (χ1v) is 13.2. The molecule has 7 fully saturated rings. The zero-order valence-corrected chi connectivity index (χ0v) is 19.2. The van der Waals surface area contributed by atoms with Gasteiger partial charge in [-0.25, -0.2) is 4.79 Å². The predicted octanol–water partition coefficient (Wildman–Crippen LogP) is 1.94. The maximum Gasteiger partial charge on any atom is 0.465 e. The molecular formula is C22H26F2O9S. The zero-order chi connectivity index (χ0) is 24.4. The van der Waals surface area contributed by atoms with E-state index in [4.69, 9.17) is 18.8 Å². The van der Waals surface area contributed by atoms with Crippen molar-refractivity contribution in [2.45, 2.75) is 68.5 Å². The first kappa shape index (κ1) is 22.6. The summed E-state index contributed by atoms with van der Waals surface area (Å²) in [6.07, 6.45) is 2.96. The Balaban J connectivity index is 1.24. The summed E-state index contributed by atoms with van der Waals surface area (Å²) >= 11 is 0. The van der Waals surface area contributed by atoms with Gasteiger partial charge in [0.25, 0.3) is 0 Å². The van der Waals surface area contributed by atoms with Crippen LogP contribution in [0.25, 0.3) is 0 Å². The van der Waals surface area contributed by atoms with E-state index in [2.05, 4.69) is 0 Å². The van der Waals surface area contributed by atoms with Gasteiger partial charge in [-0.2, -0.15) is 17.2 Å². The lowest BCUT2D eigenvalue weighted by molar-refractivity contribution is -0.211. The van der Waals surface area contributed by atoms with Crippen molar-refractivity contribution in [3.05, 3.63) is 0 Å². The molecule has 34 heavy (non-hydrogen) atoms. The first-order chi connectivity index (χ1) is 15.8. The Morgan fingerprint density at radius 1 is 1.06 bits per heavy atom. The van der Waals surface area contributed by atoms with Gasteiger partial charge in [-0.05, 0) is 69.1 Å². The van der Waals surface area contributed by atoms with Crippen molar-refractivity contribution in [2.75, 3.05) is 0 Å². The van der Waals surface area contributed by atoms with Crippen LogP contribution in [0.15, 0.2) is 0 Å². The number of ether oxygens (including phenoxy) is 3. The van der Waals surface area contributed by atoms with Gasteiger partial charge in [-0.1, -0.05) is 0 Å². The second-order valence-electron chi connectivity index (χ2n) is 11.3. The van der Waals surface area contributed by atoms with Crippen LogP contribution < -0.4 is 0 Å². The molecule has 0 spiro atoms. The van der Waals surface area contributed by atoms with Gasteiger partial charge in [0.15, 0.2) is 0 Å². The SMILES string of the molecule is CC1(OC(=O)C2C3CC4C(OC(=O)C42)C3OC(=O)C(F)(F)S(=O)(=O)O)C2CC3CC(C2)CC1C3. The zero-order valence-electron chi connectivity index (χ0n) is 18.4. The van der Waals surface area contributed by atoms with Crippen LogP contribution in [0.5, 0.6) is 0 Å². The third kappa shape index (κ3) is 2.90. The molecule has 0 aromatic carbocycles. The quantitative estimate of drug-likeness (QED) is 0.339. The van der Waals surface area contributed by atoms with E-state index in [1.807, 2.05) is 6.92 Å². The highest BCUT2D eigenvalue weighted by atomic mass is 32.2. The van der Waals surface area contributed by atoms with Crippen LogP contribution in [0.2, 0.25) is 0 Å². The van der Waals surface area contributed by atoms with E-state index in [-0.39, 0.29) is 18.3 Å². The van der Waals surface area contributed by atoms with Crippen LogP contribution in [-0.4, -0.2) is 53.9 Å². The van der Waals surface area contributed by atoms with Gasteiger partial charge in [0.2, 0.25) is 0 Å². The molecule has 0 aromatic rings. The molecule has 0 radical (unpaired) electrons. The Morgan fingerprint density at radius 2 is 1.65 bits per heavy atom. The minimum Gasteiger partial charge on any atom is -0.459 e. The fourth-order valence-corrected chi connectivity index (χ4v) is 8.60. The van der Waals surface area contributed by atoms with Gasteiger partial charge in [0.05, 0.1) is 11.8 Å². The smallest absolute Gasteiger partial charge is 0.459 e. The third-order valence-corrected chi connectivity index (χ3v) is 10.5. The Morgan fingerprint density at radius 3 is 2.21 bits per heavy atom. The molecule has 6 atom stereocenters. The van der Waals surface area contributed by atoms with E-state index < -0.39 is 74.8 Å². The Hall–Kier alpha value is -1.82. The summed E-state index contributed by atoms with van der Waals surface area (Å²) in [6, 6.07) is 0. The van der Waals surface area contributed by atoms with Gasteiger partial charge in [-0.15, -0.1) is 0 Å². The maximum atomic E-state index is 13.8. The van der Waals surface area contributed by atoms with Gasteiger partial charge in [0, 0.05) is 11.8 Å².